The molecule has 0 spiro atoms. The molecule has 1 aromatic carbocycles. The lowest BCUT2D eigenvalue weighted by atomic mass is 10.2. The van der Waals surface area contributed by atoms with E-state index in [9.17, 15) is 4.79 Å². The van der Waals surface area contributed by atoms with Gasteiger partial charge in [0.1, 0.15) is 13.2 Å². The number of carbonyl (C=O) groups excluding carboxylic acids is 1. The van der Waals surface area contributed by atoms with Crippen LogP contribution in [0.3, 0.4) is 0 Å². The lowest BCUT2D eigenvalue weighted by Crippen LogP contribution is -2.05. The molecule has 0 amide bonds. The van der Waals surface area contributed by atoms with Gasteiger partial charge in [-0.05, 0) is 25.1 Å². The highest BCUT2D eigenvalue weighted by atomic mass is 16.5. The molecule has 32 heavy (non-hydrogen) atoms. The number of Topliss-reactive ketones (excluding diaryl/α,β-unsaturated/α-hetero) is 1. The Morgan fingerprint density at radius 1 is 1.09 bits per heavy atom. The first-order valence-electron chi connectivity index (χ1n) is 9.82. The Kier molecular flexibility index (Phi) is 5.04. The van der Waals surface area contributed by atoms with Crippen molar-refractivity contribution < 1.29 is 18.8 Å². The van der Waals surface area contributed by atoms with E-state index in [1.54, 1.807) is 29.8 Å². The van der Waals surface area contributed by atoms with Crippen molar-refractivity contribution in [1.82, 2.24) is 30.0 Å². The maximum atomic E-state index is 11.5. The maximum absolute atomic E-state index is 11.5. The zero-order chi connectivity index (χ0) is 22.1. The zero-order valence-electron chi connectivity index (χ0n) is 17.3. The Labute approximate surface area is 181 Å². The van der Waals surface area contributed by atoms with Gasteiger partial charge in [0.25, 0.3) is 0 Å². The molecule has 10 nitrogen and oxygen atoms in total. The van der Waals surface area contributed by atoms with Gasteiger partial charge in [0.15, 0.2) is 22.9 Å². The van der Waals surface area contributed by atoms with Gasteiger partial charge < -0.3 is 14.0 Å². The van der Waals surface area contributed by atoms with Gasteiger partial charge in [-0.1, -0.05) is 23.4 Å². The predicted molar refractivity (Wildman–Crippen MR) is 113 cm³/mol. The lowest BCUT2D eigenvalue weighted by molar-refractivity contribution is 0.101. The van der Waals surface area contributed by atoms with E-state index in [0.29, 0.717) is 46.7 Å². The molecule has 160 valence electrons. The van der Waals surface area contributed by atoms with Crippen molar-refractivity contribution >= 4 is 22.2 Å². The van der Waals surface area contributed by atoms with Crippen LogP contribution in [-0.2, 0) is 18.0 Å². The second-order valence-electron chi connectivity index (χ2n) is 7.10. The van der Waals surface area contributed by atoms with Crippen molar-refractivity contribution in [2.75, 3.05) is 7.11 Å². The number of hydrogen-bond acceptors (Lipinski definition) is 9. The average molecular weight is 430 g/mol. The highest BCUT2D eigenvalue weighted by Crippen LogP contribution is 2.29. The van der Waals surface area contributed by atoms with Gasteiger partial charge in [-0.15, -0.1) is 15.3 Å². The number of rotatable bonds is 7. The van der Waals surface area contributed by atoms with E-state index in [-0.39, 0.29) is 12.4 Å². The van der Waals surface area contributed by atoms with Crippen LogP contribution in [0.5, 0.6) is 5.88 Å². The first-order valence-corrected chi connectivity index (χ1v) is 9.82. The van der Waals surface area contributed by atoms with Crippen molar-refractivity contribution in [3.63, 3.8) is 0 Å². The van der Waals surface area contributed by atoms with E-state index in [0.717, 1.165) is 10.8 Å². The third-order valence-corrected chi connectivity index (χ3v) is 4.89. The summed E-state index contributed by atoms with van der Waals surface area (Å²) in [5.41, 5.74) is 2.28. The number of fused-ring (bicyclic) bond motifs is 3. The molecule has 4 aromatic heterocycles. The monoisotopic (exact) mass is 430 g/mol. The molecule has 0 N–H and O–H groups in total. The molecule has 0 bridgehead atoms. The van der Waals surface area contributed by atoms with Gasteiger partial charge in [0.05, 0.1) is 5.69 Å². The van der Waals surface area contributed by atoms with Gasteiger partial charge in [-0.2, -0.15) is 4.52 Å². The van der Waals surface area contributed by atoms with Gasteiger partial charge in [-0.25, -0.2) is 0 Å². The minimum atomic E-state index is -0.0373. The molecular weight excluding hydrogens is 412 g/mol. The van der Waals surface area contributed by atoms with Crippen LogP contribution in [0.15, 0.2) is 53.2 Å². The first-order chi connectivity index (χ1) is 15.6. The van der Waals surface area contributed by atoms with Crippen molar-refractivity contribution in [3.05, 3.63) is 65.7 Å². The smallest absolute Gasteiger partial charge is 0.240 e. The lowest BCUT2D eigenvalue weighted by Gasteiger charge is -2.09. The zero-order valence-corrected chi connectivity index (χ0v) is 17.3. The van der Waals surface area contributed by atoms with Crippen LogP contribution < -0.4 is 4.74 Å². The number of carbonyl (C=O) groups is 1. The van der Waals surface area contributed by atoms with Crippen LogP contribution in [-0.4, -0.2) is 42.8 Å². The summed E-state index contributed by atoms with van der Waals surface area (Å²) in [5.74, 6) is 1.35. The Hall–Kier alpha value is -4.18. The highest BCUT2D eigenvalue weighted by molar-refractivity contribution is 5.97. The van der Waals surface area contributed by atoms with Crippen molar-refractivity contribution in [1.29, 1.82) is 0 Å². The normalized spacial score (nSPS) is 11.3. The van der Waals surface area contributed by atoms with Crippen molar-refractivity contribution in [2.24, 2.45) is 0 Å². The molecule has 4 heterocycles. The fourth-order valence-electron chi connectivity index (χ4n) is 3.31. The predicted octanol–water partition coefficient (Wildman–Crippen LogP) is 3.26. The molecule has 0 radical (unpaired) electrons. The maximum Gasteiger partial charge on any atom is 0.240 e. The van der Waals surface area contributed by atoms with Gasteiger partial charge in [0.2, 0.25) is 11.7 Å². The molecule has 0 saturated heterocycles. The van der Waals surface area contributed by atoms with Crippen LogP contribution >= 0.6 is 0 Å². The molecule has 0 unspecified atom stereocenters. The van der Waals surface area contributed by atoms with Crippen LogP contribution in [0.2, 0.25) is 0 Å². The van der Waals surface area contributed by atoms with E-state index in [1.807, 2.05) is 24.3 Å². The van der Waals surface area contributed by atoms with Gasteiger partial charge in [-0.3, -0.25) is 9.78 Å². The summed E-state index contributed by atoms with van der Waals surface area (Å²) in [5, 5.41) is 18.9. The number of methoxy groups -OCH3 is 1. The summed E-state index contributed by atoms with van der Waals surface area (Å²) in [6.07, 6.45) is 1.54. The Morgan fingerprint density at radius 2 is 1.94 bits per heavy atom. The fourth-order valence-corrected chi connectivity index (χ4v) is 3.31. The molecule has 0 aliphatic heterocycles. The van der Waals surface area contributed by atoms with Crippen molar-refractivity contribution in [3.8, 4) is 17.4 Å². The van der Waals surface area contributed by atoms with E-state index in [4.69, 9.17) is 14.0 Å². The summed E-state index contributed by atoms with van der Waals surface area (Å²) >= 11 is 0. The van der Waals surface area contributed by atoms with Gasteiger partial charge in [0, 0.05) is 35.7 Å². The summed E-state index contributed by atoms with van der Waals surface area (Å²) in [6, 6.07) is 12.9. The van der Waals surface area contributed by atoms with Crippen molar-refractivity contribution in [2.45, 2.75) is 20.1 Å². The van der Waals surface area contributed by atoms with Crippen LogP contribution in [0.4, 0.5) is 0 Å². The fraction of sp³-hybridized carbons (Fsp3) is 0.182. The third kappa shape index (κ3) is 3.56. The topological polar surface area (TPSA) is 118 Å². The minimum Gasteiger partial charge on any atom is -0.470 e. The number of benzene rings is 1. The number of nitrogens with zero attached hydrogens (tertiary/aromatic N) is 6. The second-order valence-corrected chi connectivity index (χ2v) is 7.10. The number of hydrogen-bond donors (Lipinski definition) is 0. The third-order valence-electron chi connectivity index (χ3n) is 4.89. The first kappa shape index (κ1) is 19.8. The van der Waals surface area contributed by atoms with E-state index in [2.05, 4.69) is 25.4 Å². The molecule has 0 aliphatic carbocycles. The second kappa shape index (κ2) is 8.16. The molecular formula is C22H18N6O4. The summed E-state index contributed by atoms with van der Waals surface area (Å²) in [7, 11) is 1.58. The highest BCUT2D eigenvalue weighted by Gasteiger charge is 2.19. The van der Waals surface area contributed by atoms with Gasteiger partial charge >= 0.3 is 0 Å². The summed E-state index contributed by atoms with van der Waals surface area (Å²) < 4.78 is 18.0. The molecule has 5 aromatic rings. The number of aromatic nitrogens is 6. The standard InChI is InChI=1S/C22H18N6O4/c1-13(29)14-7-8-15(23-10-14)11-31-22-18-6-4-3-5-17(18)20-24-25-21(28(20)26-22)19-9-16(12-30-2)32-27-19/h3-10H,11-12H2,1-2H3. The van der Waals surface area contributed by atoms with Crippen LogP contribution in [0.25, 0.3) is 27.9 Å². The number of ether oxygens (including phenoxy) is 2. The molecule has 0 atom stereocenters. The van der Waals surface area contributed by atoms with E-state index >= 15 is 0 Å². The molecule has 0 fully saturated rings. The van der Waals surface area contributed by atoms with Crippen LogP contribution in [0, 0.1) is 0 Å². The Bertz CT molecular complexity index is 1420. The van der Waals surface area contributed by atoms with E-state index in [1.165, 1.54) is 13.1 Å². The number of ketones is 1. The van der Waals surface area contributed by atoms with Crippen LogP contribution in [0.1, 0.15) is 28.7 Å². The molecule has 5 rings (SSSR count). The quantitative estimate of drug-likeness (QED) is 0.359. The summed E-state index contributed by atoms with van der Waals surface area (Å²) in [4.78, 5) is 15.7. The molecule has 0 aliphatic rings. The SMILES string of the molecule is COCc1cc(-c2nnc3c4ccccc4c(OCc4ccc(C(C)=O)cn4)nn23)no1. The van der Waals surface area contributed by atoms with E-state index < -0.39 is 0 Å². The largest absolute Gasteiger partial charge is 0.470 e. The Balaban J connectivity index is 1.54. The molecule has 10 heteroatoms. The minimum absolute atomic E-state index is 0.0373. The Morgan fingerprint density at radius 3 is 2.69 bits per heavy atom. The number of pyridine rings is 1. The molecule has 0 saturated carbocycles. The average Bonchev–Trinajstić information content (AvgIpc) is 3.45. The summed E-state index contributed by atoms with van der Waals surface area (Å²) in [6.45, 7) is 1.98.